The maximum atomic E-state index is 12.2. The normalized spacial score (nSPS) is 17.1. The van der Waals surface area contributed by atoms with Gasteiger partial charge in [0, 0.05) is 18.3 Å². The van der Waals surface area contributed by atoms with Crippen LogP contribution in [0.2, 0.25) is 0 Å². The first kappa shape index (κ1) is 14.6. The van der Waals surface area contributed by atoms with Gasteiger partial charge in [-0.3, -0.25) is 0 Å². The minimum atomic E-state index is -4.16. The van der Waals surface area contributed by atoms with Crippen LogP contribution < -0.4 is 0 Å². The molecule has 2 unspecified atom stereocenters. The minimum Gasteiger partial charge on any atom is -0.301 e. The van der Waals surface area contributed by atoms with Crippen LogP contribution in [0.1, 0.15) is 6.92 Å². The first-order chi connectivity index (χ1) is 6.29. The van der Waals surface area contributed by atoms with Crippen LogP contribution in [-0.4, -0.2) is 47.5 Å². The third-order valence-corrected chi connectivity index (χ3v) is 3.59. The molecule has 86 valence electrons. The number of thioether (sulfide) groups is 1. The van der Waals surface area contributed by atoms with Crippen LogP contribution in [-0.2, 0) is 0 Å². The summed E-state index contributed by atoms with van der Waals surface area (Å²) in [5, 5.41) is 0. The standard InChI is InChI=1S/C8H15BrF3NS/c1-6(5-14-3)13(2)4-7(9)8(10,11)12/h6-7H,4-5H2,1-3H3. The Morgan fingerprint density at radius 3 is 2.29 bits per heavy atom. The Balaban J connectivity index is 3.99. The predicted molar refractivity (Wildman–Crippen MR) is 59.2 cm³/mol. The number of nitrogens with zero attached hydrogens (tertiary/aromatic N) is 1. The second-order valence-electron chi connectivity index (χ2n) is 3.25. The lowest BCUT2D eigenvalue weighted by molar-refractivity contribution is -0.130. The summed E-state index contributed by atoms with van der Waals surface area (Å²) < 4.78 is 36.5. The van der Waals surface area contributed by atoms with E-state index in [1.54, 1.807) is 23.7 Å². The summed E-state index contributed by atoms with van der Waals surface area (Å²) in [4.78, 5) is 0.271. The number of hydrogen-bond donors (Lipinski definition) is 0. The van der Waals surface area contributed by atoms with Crippen molar-refractivity contribution in [2.24, 2.45) is 0 Å². The van der Waals surface area contributed by atoms with E-state index in [0.717, 1.165) is 5.75 Å². The lowest BCUT2D eigenvalue weighted by Gasteiger charge is -2.27. The molecular formula is C8H15BrF3NS. The molecule has 0 fully saturated rings. The lowest BCUT2D eigenvalue weighted by atomic mass is 10.3. The largest absolute Gasteiger partial charge is 0.402 e. The molecule has 0 aliphatic carbocycles. The molecule has 0 bridgehead atoms. The highest BCUT2D eigenvalue weighted by Gasteiger charge is 2.38. The smallest absolute Gasteiger partial charge is 0.301 e. The van der Waals surface area contributed by atoms with Gasteiger partial charge in [-0.1, -0.05) is 15.9 Å². The van der Waals surface area contributed by atoms with Gasteiger partial charge in [-0.15, -0.1) is 0 Å². The van der Waals surface area contributed by atoms with Gasteiger partial charge in [-0.25, -0.2) is 0 Å². The molecule has 0 amide bonds. The molecule has 0 rings (SSSR count). The molecule has 0 spiro atoms. The van der Waals surface area contributed by atoms with Crippen molar-refractivity contribution in [1.82, 2.24) is 4.90 Å². The average Bonchev–Trinajstić information content (AvgIpc) is 2.02. The molecule has 1 nitrogen and oxygen atoms in total. The van der Waals surface area contributed by atoms with Gasteiger partial charge in [-0.05, 0) is 20.2 Å². The summed E-state index contributed by atoms with van der Waals surface area (Å²) in [7, 11) is 1.71. The van der Waals surface area contributed by atoms with E-state index in [0.29, 0.717) is 0 Å². The lowest BCUT2D eigenvalue weighted by Crippen LogP contribution is -2.40. The fourth-order valence-electron chi connectivity index (χ4n) is 0.905. The summed E-state index contributed by atoms with van der Waals surface area (Å²) in [5.41, 5.74) is 0. The van der Waals surface area contributed by atoms with Gasteiger partial charge in [0.05, 0.1) is 0 Å². The van der Waals surface area contributed by atoms with E-state index >= 15 is 0 Å². The minimum absolute atomic E-state index is 0.00870. The molecular weight excluding hydrogens is 279 g/mol. The summed E-state index contributed by atoms with van der Waals surface area (Å²) >= 11 is 4.28. The van der Waals surface area contributed by atoms with Crippen LogP contribution in [0.25, 0.3) is 0 Å². The summed E-state index contributed by atoms with van der Waals surface area (Å²) in [5.74, 6) is 0.841. The van der Waals surface area contributed by atoms with Crippen molar-refractivity contribution in [3.63, 3.8) is 0 Å². The molecule has 0 aromatic carbocycles. The van der Waals surface area contributed by atoms with E-state index in [-0.39, 0.29) is 12.6 Å². The summed E-state index contributed by atoms with van der Waals surface area (Å²) in [6.45, 7) is 1.91. The second kappa shape index (κ2) is 6.23. The van der Waals surface area contributed by atoms with Crippen LogP contribution in [0.4, 0.5) is 13.2 Å². The van der Waals surface area contributed by atoms with Crippen molar-refractivity contribution in [3.8, 4) is 0 Å². The molecule has 6 heteroatoms. The van der Waals surface area contributed by atoms with Gasteiger partial charge in [0.2, 0.25) is 0 Å². The zero-order chi connectivity index (χ0) is 11.4. The monoisotopic (exact) mass is 293 g/mol. The molecule has 0 heterocycles. The van der Waals surface area contributed by atoms with Crippen molar-refractivity contribution in [2.75, 3.05) is 25.6 Å². The van der Waals surface area contributed by atoms with Crippen molar-refractivity contribution in [1.29, 1.82) is 0 Å². The highest BCUT2D eigenvalue weighted by atomic mass is 79.9. The Morgan fingerprint density at radius 1 is 1.43 bits per heavy atom. The fourth-order valence-corrected chi connectivity index (χ4v) is 2.10. The van der Waals surface area contributed by atoms with Gasteiger partial charge < -0.3 is 4.90 Å². The van der Waals surface area contributed by atoms with Crippen LogP contribution >= 0.6 is 27.7 Å². The van der Waals surface area contributed by atoms with Crippen LogP contribution in [0.15, 0.2) is 0 Å². The van der Waals surface area contributed by atoms with E-state index in [2.05, 4.69) is 15.9 Å². The number of alkyl halides is 4. The highest BCUT2D eigenvalue weighted by Crippen LogP contribution is 2.27. The predicted octanol–water partition coefficient (Wildman–Crippen LogP) is 3.00. The summed E-state index contributed by atoms with van der Waals surface area (Å²) in [6.07, 6.45) is -2.22. The van der Waals surface area contributed by atoms with Gasteiger partial charge in [0.15, 0.2) is 0 Å². The molecule has 2 atom stereocenters. The van der Waals surface area contributed by atoms with Crippen LogP contribution in [0, 0.1) is 0 Å². The van der Waals surface area contributed by atoms with Gasteiger partial charge in [0.1, 0.15) is 4.83 Å². The Morgan fingerprint density at radius 2 is 1.93 bits per heavy atom. The van der Waals surface area contributed by atoms with Gasteiger partial charge in [0.25, 0.3) is 0 Å². The molecule has 0 saturated heterocycles. The summed E-state index contributed by atoms with van der Waals surface area (Å²) in [6, 6.07) is 0.160. The quantitative estimate of drug-likeness (QED) is 0.717. The zero-order valence-electron chi connectivity index (χ0n) is 8.44. The van der Waals surface area contributed by atoms with Crippen molar-refractivity contribution >= 4 is 27.7 Å². The van der Waals surface area contributed by atoms with E-state index in [1.165, 1.54) is 0 Å². The molecule has 14 heavy (non-hydrogen) atoms. The van der Waals surface area contributed by atoms with E-state index in [1.807, 2.05) is 13.2 Å². The molecule has 0 radical (unpaired) electrons. The van der Waals surface area contributed by atoms with Crippen molar-refractivity contribution in [2.45, 2.75) is 24.0 Å². The Hall–Kier alpha value is 0.580. The Kier molecular flexibility index (Phi) is 6.48. The fraction of sp³-hybridized carbons (Fsp3) is 1.00. The highest BCUT2D eigenvalue weighted by molar-refractivity contribution is 9.09. The Bertz CT molecular complexity index is 165. The first-order valence-electron chi connectivity index (χ1n) is 4.19. The number of rotatable bonds is 5. The molecule has 0 aromatic rings. The maximum absolute atomic E-state index is 12.2. The third-order valence-electron chi connectivity index (χ3n) is 1.96. The molecule has 0 aliphatic rings. The third kappa shape index (κ3) is 5.46. The second-order valence-corrected chi connectivity index (χ2v) is 5.27. The van der Waals surface area contributed by atoms with Crippen LogP contribution in [0.5, 0.6) is 0 Å². The molecule has 0 aromatic heterocycles. The maximum Gasteiger partial charge on any atom is 0.402 e. The van der Waals surface area contributed by atoms with Gasteiger partial charge >= 0.3 is 6.18 Å². The molecule has 0 aliphatic heterocycles. The Labute approximate surface area is 95.5 Å². The van der Waals surface area contributed by atoms with E-state index in [4.69, 9.17) is 0 Å². The average molecular weight is 294 g/mol. The molecule has 0 saturated carbocycles. The number of hydrogen-bond acceptors (Lipinski definition) is 2. The van der Waals surface area contributed by atoms with Crippen LogP contribution in [0.3, 0.4) is 0 Å². The first-order valence-corrected chi connectivity index (χ1v) is 6.50. The topological polar surface area (TPSA) is 3.24 Å². The number of halogens is 4. The van der Waals surface area contributed by atoms with Gasteiger partial charge in [-0.2, -0.15) is 24.9 Å². The van der Waals surface area contributed by atoms with E-state index < -0.39 is 11.0 Å². The van der Waals surface area contributed by atoms with Crippen molar-refractivity contribution < 1.29 is 13.2 Å². The van der Waals surface area contributed by atoms with E-state index in [9.17, 15) is 13.2 Å². The zero-order valence-corrected chi connectivity index (χ0v) is 10.8. The van der Waals surface area contributed by atoms with Crippen molar-refractivity contribution in [3.05, 3.63) is 0 Å². The SMILES string of the molecule is CSCC(C)N(C)CC(Br)C(F)(F)F. The molecule has 0 N–H and O–H groups in total.